The maximum absolute atomic E-state index is 14.2. The summed E-state index contributed by atoms with van der Waals surface area (Å²) in [6.45, 7) is 3.99. The van der Waals surface area contributed by atoms with Crippen molar-refractivity contribution in [3.8, 4) is 11.9 Å². The fourth-order valence-corrected chi connectivity index (χ4v) is 5.45. The molecule has 3 aromatic rings. The number of ether oxygens (including phenoxy) is 2. The summed E-state index contributed by atoms with van der Waals surface area (Å²) < 4.78 is 25.6. The Kier molecular flexibility index (Phi) is 7.23. The fraction of sp³-hybridized carbons (Fsp3) is 0.429. The van der Waals surface area contributed by atoms with E-state index in [4.69, 9.17) is 19.7 Å². The van der Waals surface area contributed by atoms with Crippen molar-refractivity contribution in [2.24, 2.45) is 0 Å². The zero-order chi connectivity index (χ0) is 27.6. The average Bonchev–Trinajstić information content (AvgIpc) is 3.49. The van der Waals surface area contributed by atoms with Crippen molar-refractivity contribution in [2.75, 3.05) is 43.0 Å². The van der Waals surface area contributed by atoms with Crippen LogP contribution in [0.2, 0.25) is 0 Å². The molecule has 2 saturated heterocycles. The number of nitriles is 1. The van der Waals surface area contributed by atoms with Gasteiger partial charge in [-0.1, -0.05) is 12.1 Å². The van der Waals surface area contributed by atoms with Crippen LogP contribution in [0.3, 0.4) is 0 Å². The summed E-state index contributed by atoms with van der Waals surface area (Å²) in [5, 5.41) is 21.7. The Morgan fingerprint density at radius 1 is 1.20 bits per heavy atom. The van der Waals surface area contributed by atoms with Crippen molar-refractivity contribution < 1.29 is 23.8 Å². The van der Waals surface area contributed by atoms with Gasteiger partial charge in [0.1, 0.15) is 18.6 Å². The minimum atomic E-state index is -1.08. The highest BCUT2D eigenvalue weighted by atomic mass is 19.1. The van der Waals surface area contributed by atoms with Crippen molar-refractivity contribution >= 4 is 17.6 Å². The monoisotopic (exact) mass is 547 g/mol. The number of rotatable bonds is 9. The first kappa shape index (κ1) is 26.0. The van der Waals surface area contributed by atoms with Gasteiger partial charge in [-0.3, -0.25) is 4.90 Å². The molecule has 0 saturated carbocycles. The van der Waals surface area contributed by atoms with Crippen LogP contribution in [0, 0.1) is 17.1 Å². The zero-order valence-corrected chi connectivity index (χ0v) is 21.8. The van der Waals surface area contributed by atoms with Crippen LogP contribution in [0.5, 0.6) is 5.88 Å². The molecule has 11 nitrogen and oxygen atoms in total. The van der Waals surface area contributed by atoms with Gasteiger partial charge in [0.05, 0.1) is 17.7 Å². The molecule has 0 bridgehead atoms. The normalized spacial score (nSPS) is 20.9. The van der Waals surface area contributed by atoms with Crippen LogP contribution in [-0.2, 0) is 11.3 Å². The molecule has 2 fully saturated rings. The lowest BCUT2D eigenvalue weighted by Gasteiger charge is -2.38. The van der Waals surface area contributed by atoms with E-state index in [-0.39, 0.29) is 36.2 Å². The van der Waals surface area contributed by atoms with Crippen molar-refractivity contribution in [1.82, 2.24) is 19.9 Å². The lowest BCUT2D eigenvalue weighted by molar-refractivity contribution is -0.0453. The van der Waals surface area contributed by atoms with Crippen molar-refractivity contribution in [3.05, 3.63) is 64.9 Å². The molecule has 0 aliphatic carbocycles. The second-order valence-corrected chi connectivity index (χ2v) is 10.4. The van der Waals surface area contributed by atoms with Crippen molar-refractivity contribution in [2.45, 2.75) is 44.1 Å². The van der Waals surface area contributed by atoms with Gasteiger partial charge in [-0.15, -0.1) is 0 Å². The SMILES string of the molecule is N#Cc1ccc(COc2cccc(C3CCN(CC4Nc5[nH]c(C(=O)O)nc5N4CC4CCO4)CC3)n2)c(F)c1. The number of aromatic amines is 1. The van der Waals surface area contributed by atoms with Crippen LogP contribution in [0.4, 0.5) is 16.0 Å². The highest BCUT2D eigenvalue weighted by Crippen LogP contribution is 2.35. The van der Waals surface area contributed by atoms with E-state index in [0.717, 1.165) is 51.2 Å². The number of benzene rings is 1. The van der Waals surface area contributed by atoms with Crippen LogP contribution >= 0.6 is 0 Å². The Balaban J connectivity index is 1.04. The number of carboxylic acids is 1. The van der Waals surface area contributed by atoms with Gasteiger partial charge in [0, 0.05) is 42.9 Å². The van der Waals surface area contributed by atoms with Crippen LogP contribution in [-0.4, -0.2) is 76.0 Å². The number of carbonyl (C=O) groups is 1. The Morgan fingerprint density at radius 2 is 2.02 bits per heavy atom. The molecule has 0 spiro atoms. The molecule has 6 rings (SSSR count). The highest BCUT2D eigenvalue weighted by molar-refractivity contribution is 5.86. The van der Waals surface area contributed by atoms with E-state index in [1.807, 2.05) is 18.2 Å². The third-order valence-electron chi connectivity index (χ3n) is 7.78. The van der Waals surface area contributed by atoms with E-state index in [0.29, 0.717) is 29.6 Å². The van der Waals surface area contributed by atoms with E-state index in [9.17, 15) is 14.3 Å². The highest BCUT2D eigenvalue weighted by Gasteiger charge is 2.37. The number of nitrogens with one attached hydrogen (secondary N) is 2. The number of aromatic carboxylic acids is 1. The molecule has 0 amide bonds. The number of halogens is 1. The Morgan fingerprint density at radius 3 is 2.73 bits per heavy atom. The molecule has 5 heterocycles. The second-order valence-electron chi connectivity index (χ2n) is 10.4. The van der Waals surface area contributed by atoms with Crippen molar-refractivity contribution in [1.29, 1.82) is 5.26 Å². The van der Waals surface area contributed by atoms with Crippen LogP contribution in [0.15, 0.2) is 36.4 Å². The van der Waals surface area contributed by atoms with E-state index in [1.165, 1.54) is 6.07 Å². The number of likely N-dealkylation sites (tertiary alicyclic amines) is 1. The minimum Gasteiger partial charge on any atom is -0.475 e. The first-order valence-electron chi connectivity index (χ1n) is 13.5. The van der Waals surface area contributed by atoms with Gasteiger partial charge in [-0.05, 0) is 50.6 Å². The number of nitrogens with zero attached hydrogens (tertiary/aromatic N) is 5. The van der Waals surface area contributed by atoms with Crippen LogP contribution in [0.1, 0.15) is 52.6 Å². The molecule has 208 valence electrons. The maximum atomic E-state index is 14.2. The maximum Gasteiger partial charge on any atom is 0.372 e. The molecule has 40 heavy (non-hydrogen) atoms. The Hall–Kier alpha value is -4.21. The number of pyridine rings is 1. The van der Waals surface area contributed by atoms with Gasteiger partial charge in [-0.25, -0.2) is 19.2 Å². The predicted octanol–water partition coefficient (Wildman–Crippen LogP) is 3.32. The van der Waals surface area contributed by atoms with Crippen molar-refractivity contribution in [3.63, 3.8) is 0 Å². The first-order valence-corrected chi connectivity index (χ1v) is 13.5. The molecule has 0 radical (unpaired) electrons. The molecule has 3 N–H and O–H groups in total. The number of H-pyrrole nitrogens is 1. The summed E-state index contributed by atoms with van der Waals surface area (Å²) in [6.07, 6.45) is 2.95. The zero-order valence-electron chi connectivity index (χ0n) is 21.8. The molecule has 12 heteroatoms. The molecule has 3 aliphatic rings. The molecule has 2 atom stereocenters. The Labute approximate surface area is 230 Å². The van der Waals surface area contributed by atoms with Crippen LogP contribution < -0.4 is 15.0 Å². The summed E-state index contributed by atoms with van der Waals surface area (Å²) >= 11 is 0. The van der Waals surface area contributed by atoms with E-state index in [2.05, 4.69) is 25.1 Å². The number of fused-ring (bicyclic) bond motifs is 1. The lowest BCUT2D eigenvalue weighted by atomic mass is 9.93. The molecular weight excluding hydrogens is 517 g/mol. The van der Waals surface area contributed by atoms with Gasteiger partial charge < -0.3 is 29.8 Å². The fourth-order valence-electron chi connectivity index (χ4n) is 5.45. The van der Waals surface area contributed by atoms with Gasteiger partial charge in [-0.2, -0.15) is 5.26 Å². The number of carboxylic acid groups (broad SMARTS) is 1. The second kappa shape index (κ2) is 11.1. The topological polar surface area (TPSA) is 140 Å². The number of aromatic nitrogens is 3. The Bertz CT molecular complexity index is 1430. The summed E-state index contributed by atoms with van der Waals surface area (Å²) in [5.41, 5.74) is 1.61. The van der Waals surface area contributed by atoms with E-state index in [1.54, 1.807) is 18.2 Å². The number of imidazole rings is 1. The third kappa shape index (κ3) is 5.43. The summed E-state index contributed by atoms with van der Waals surface area (Å²) in [7, 11) is 0. The minimum absolute atomic E-state index is 0.0326. The lowest BCUT2D eigenvalue weighted by Crippen LogP contribution is -2.51. The predicted molar refractivity (Wildman–Crippen MR) is 143 cm³/mol. The quantitative estimate of drug-likeness (QED) is 0.366. The van der Waals surface area contributed by atoms with E-state index < -0.39 is 11.8 Å². The number of piperidine rings is 1. The standard InChI is InChI=1S/C28H30FN7O4/c29-21-12-17(13-30)4-5-19(21)16-40-24-3-1-2-22(31-24)18-6-9-35(10-7-18)15-23-32-25-27(34-26(33-25)28(37)38)36(23)14-20-8-11-39-20/h1-5,12,18,20,23,32H,6-11,14-16H2,(H,33,34)(H,37,38). The molecular formula is C28H30FN7O4. The van der Waals surface area contributed by atoms with Crippen LogP contribution in [0.25, 0.3) is 0 Å². The largest absolute Gasteiger partial charge is 0.475 e. The summed E-state index contributed by atoms with van der Waals surface area (Å²) in [6, 6.07) is 12.0. The van der Waals surface area contributed by atoms with Gasteiger partial charge >= 0.3 is 5.97 Å². The molecule has 2 unspecified atom stereocenters. The van der Waals surface area contributed by atoms with Gasteiger partial charge in [0.25, 0.3) is 0 Å². The summed E-state index contributed by atoms with van der Waals surface area (Å²) in [4.78, 5) is 27.8. The number of anilines is 2. The van der Waals surface area contributed by atoms with Gasteiger partial charge in [0.2, 0.25) is 11.7 Å². The smallest absolute Gasteiger partial charge is 0.372 e. The molecule has 2 aromatic heterocycles. The summed E-state index contributed by atoms with van der Waals surface area (Å²) in [5.74, 6) is 0.380. The average molecular weight is 548 g/mol. The first-order chi connectivity index (χ1) is 19.5. The number of hydrogen-bond donors (Lipinski definition) is 3. The van der Waals surface area contributed by atoms with E-state index >= 15 is 0 Å². The molecule has 3 aliphatic heterocycles. The third-order valence-corrected chi connectivity index (χ3v) is 7.78. The van der Waals surface area contributed by atoms with Gasteiger partial charge in [0.15, 0.2) is 11.6 Å². The molecule has 1 aromatic carbocycles. The number of hydrogen-bond acceptors (Lipinski definition) is 9.